The quantitative estimate of drug-likeness (QED) is 0.499. The predicted octanol–water partition coefficient (Wildman–Crippen LogP) is 1.07. The Morgan fingerprint density at radius 3 is 2.59 bits per heavy atom. The molecule has 1 fully saturated rings. The van der Waals surface area contributed by atoms with Crippen LogP contribution in [0.25, 0.3) is 0 Å². The summed E-state index contributed by atoms with van der Waals surface area (Å²) in [7, 11) is 1.75. The first kappa shape index (κ1) is 21.1. The Kier molecular flexibility index (Phi) is 7.53. The summed E-state index contributed by atoms with van der Waals surface area (Å²) in [5.41, 5.74) is 1.65. The second kappa shape index (κ2) is 9.64. The van der Waals surface area contributed by atoms with Gasteiger partial charge in [-0.05, 0) is 37.8 Å². The van der Waals surface area contributed by atoms with Crippen molar-refractivity contribution in [2.45, 2.75) is 25.1 Å². The molecule has 0 bridgehead atoms. The summed E-state index contributed by atoms with van der Waals surface area (Å²) >= 11 is 1.80. The number of hydrogen-bond acceptors (Lipinski definition) is 4. The number of aliphatic imine (C=N–C) groups is 1. The van der Waals surface area contributed by atoms with Crippen LogP contribution in [0.3, 0.4) is 0 Å². The molecule has 0 atom stereocenters. The van der Waals surface area contributed by atoms with Gasteiger partial charge in [-0.15, -0.1) is 0 Å². The molecule has 0 aromatic heterocycles. The molecule has 0 unspecified atom stereocenters. The van der Waals surface area contributed by atoms with Gasteiger partial charge in [0, 0.05) is 43.5 Å². The molecule has 2 amide bonds. The van der Waals surface area contributed by atoms with E-state index in [1.165, 1.54) is 0 Å². The van der Waals surface area contributed by atoms with E-state index in [1.807, 2.05) is 12.1 Å². The van der Waals surface area contributed by atoms with Crippen LogP contribution in [0.1, 0.15) is 29.8 Å². The summed E-state index contributed by atoms with van der Waals surface area (Å²) in [6.45, 7) is 6.95. The van der Waals surface area contributed by atoms with Crippen molar-refractivity contribution in [2.75, 3.05) is 39.5 Å². The minimum absolute atomic E-state index is 0.110. The number of carbonyl (C=O) groups is 2. The van der Waals surface area contributed by atoms with Gasteiger partial charge in [0.15, 0.2) is 5.96 Å². The molecule has 0 aliphatic carbocycles. The second-order valence-electron chi connectivity index (χ2n) is 7.02. The number of thioether (sulfide) groups is 1. The van der Waals surface area contributed by atoms with Crippen LogP contribution < -0.4 is 16.0 Å². The molecule has 1 aliphatic rings. The van der Waals surface area contributed by atoms with Gasteiger partial charge in [0.05, 0.1) is 6.54 Å². The Labute approximate surface area is 165 Å². The summed E-state index contributed by atoms with van der Waals surface area (Å²) in [5.74, 6) is 0.525. The lowest BCUT2D eigenvalue weighted by Crippen LogP contribution is -2.49. The number of nitrogens with one attached hydrogen (secondary N) is 3. The Morgan fingerprint density at radius 2 is 2.00 bits per heavy atom. The molecule has 0 spiro atoms. The van der Waals surface area contributed by atoms with Crippen LogP contribution >= 0.6 is 11.8 Å². The van der Waals surface area contributed by atoms with E-state index in [2.05, 4.69) is 41.0 Å². The molecular weight excluding hydrogens is 362 g/mol. The van der Waals surface area contributed by atoms with E-state index < -0.39 is 0 Å². The number of hydrogen-bond donors (Lipinski definition) is 3. The molecule has 1 aliphatic heterocycles. The van der Waals surface area contributed by atoms with Crippen LogP contribution in [0.15, 0.2) is 29.3 Å². The van der Waals surface area contributed by atoms with Crippen molar-refractivity contribution in [2.24, 2.45) is 4.99 Å². The molecule has 1 aromatic carbocycles. The highest BCUT2D eigenvalue weighted by atomic mass is 32.2. The van der Waals surface area contributed by atoms with Crippen LogP contribution in [0.4, 0.5) is 0 Å². The average Bonchev–Trinajstić information content (AvgIpc) is 2.68. The third kappa shape index (κ3) is 6.46. The maximum atomic E-state index is 12.5. The minimum atomic E-state index is -0.112. The van der Waals surface area contributed by atoms with E-state index in [1.54, 1.807) is 35.8 Å². The molecule has 2 rings (SSSR count). The van der Waals surface area contributed by atoms with Crippen molar-refractivity contribution in [1.82, 2.24) is 20.9 Å². The molecule has 0 saturated carbocycles. The summed E-state index contributed by atoms with van der Waals surface area (Å²) in [6, 6.07) is 7.45. The van der Waals surface area contributed by atoms with Gasteiger partial charge in [-0.2, -0.15) is 11.8 Å². The van der Waals surface area contributed by atoms with E-state index in [-0.39, 0.29) is 23.1 Å². The van der Waals surface area contributed by atoms with Crippen LogP contribution in [0, 0.1) is 0 Å². The largest absolute Gasteiger partial charge is 0.355 e. The average molecular weight is 392 g/mol. The molecule has 3 N–H and O–H groups in total. The molecule has 27 heavy (non-hydrogen) atoms. The first-order valence-corrected chi connectivity index (χ1v) is 10.2. The van der Waals surface area contributed by atoms with Gasteiger partial charge in [0.1, 0.15) is 0 Å². The standard InChI is InChI=1S/C19H29N5O2S/c1-19(2,27-4)13-23-18(20-3)22-11-14-5-7-15(8-6-14)17(26)24-10-9-21-16(25)12-24/h5-8H,9-13H2,1-4H3,(H,21,25)(H2,20,22,23). The predicted molar refractivity (Wildman–Crippen MR) is 111 cm³/mol. The summed E-state index contributed by atoms with van der Waals surface area (Å²) in [6.07, 6.45) is 2.09. The van der Waals surface area contributed by atoms with Gasteiger partial charge >= 0.3 is 0 Å². The third-order valence-electron chi connectivity index (χ3n) is 4.44. The zero-order chi connectivity index (χ0) is 19.9. The maximum absolute atomic E-state index is 12.5. The van der Waals surface area contributed by atoms with Gasteiger partial charge in [-0.25, -0.2) is 0 Å². The van der Waals surface area contributed by atoms with Crippen molar-refractivity contribution in [3.63, 3.8) is 0 Å². The zero-order valence-corrected chi connectivity index (χ0v) is 17.3. The van der Waals surface area contributed by atoms with Crippen molar-refractivity contribution in [1.29, 1.82) is 0 Å². The first-order chi connectivity index (χ1) is 12.8. The van der Waals surface area contributed by atoms with Gasteiger partial charge in [-0.1, -0.05) is 12.1 Å². The maximum Gasteiger partial charge on any atom is 0.254 e. The SMILES string of the molecule is CN=C(NCc1ccc(C(=O)N2CCNC(=O)C2)cc1)NCC(C)(C)SC. The Bertz CT molecular complexity index is 688. The zero-order valence-electron chi connectivity index (χ0n) is 16.5. The first-order valence-electron chi connectivity index (χ1n) is 8.99. The lowest BCUT2D eigenvalue weighted by molar-refractivity contribution is -0.123. The Balaban J connectivity index is 1.87. The number of amides is 2. The molecule has 148 valence electrons. The van der Waals surface area contributed by atoms with Crippen LogP contribution in [-0.4, -0.2) is 66.9 Å². The molecule has 0 radical (unpaired) electrons. The lowest BCUT2D eigenvalue weighted by Gasteiger charge is -2.26. The van der Waals surface area contributed by atoms with Gasteiger partial charge < -0.3 is 20.9 Å². The highest BCUT2D eigenvalue weighted by molar-refractivity contribution is 7.99. The Morgan fingerprint density at radius 1 is 1.30 bits per heavy atom. The molecule has 7 nitrogen and oxygen atoms in total. The van der Waals surface area contributed by atoms with E-state index >= 15 is 0 Å². The Hall–Kier alpha value is -2.22. The highest BCUT2D eigenvalue weighted by Crippen LogP contribution is 2.19. The van der Waals surface area contributed by atoms with Gasteiger partial charge in [-0.3, -0.25) is 14.6 Å². The minimum Gasteiger partial charge on any atom is -0.355 e. The monoisotopic (exact) mass is 391 g/mol. The fourth-order valence-corrected chi connectivity index (χ4v) is 2.75. The molecule has 1 saturated heterocycles. The van der Waals surface area contributed by atoms with Crippen molar-refractivity contribution >= 4 is 29.5 Å². The van der Waals surface area contributed by atoms with Crippen LogP contribution in [0.5, 0.6) is 0 Å². The summed E-state index contributed by atoms with van der Waals surface area (Å²) < 4.78 is 0.130. The van der Waals surface area contributed by atoms with Gasteiger partial charge in [0.25, 0.3) is 5.91 Å². The molecular formula is C19H29N5O2S. The highest BCUT2D eigenvalue weighted by Gasteiger charge is 2.22. The van der Waals surface area contributed by atoms with Gasteiger partial charge in [0.2, 0.25) is 5.91 Å². The normalized spacial score (nSPS) is 15.3. The number of nitrogens with zero attached hydrogens (tertiary/aromatic N) is 2. The molecule has 1 aromatic rings. The fraction of sp³-hybridized carbons (Fsp3) is 0.526. The summed E-state index contributed by atoms with van der Waals surface area (Å²) in [5, 5.41) is 9.33. The van der Waals surface area contributed by atoms with Crippen molar-refractivity contribution in [3.8, 4) is 0 Å². The van der Waals surface area contributed by atoms with Crippen molar-refractivity contribution < 1.29 is 9.59 Å². The third-order valence-corrected chi connectivity index (χ3v) is 5.69. The second-order valence-corrected chi connectivity index (χ2v) is 8.53. The number of guanidine groups is 1. The summed E-state index contributed by atoms with van der Waals surface area (Å²) in [4.78, 5) is 29.7. The number of rotatable bonds is 6. The molecule has 1 heterocycles. The van der Waals surface area contributed by atoms with E-state index in [0.29, 0.717) is 25.2 Å². The van der Waals surface area contributed by atoms with Crippen molar-refractivity contribution in [3.05, 3.63) is 35.4 Å². The van der Waals surface area contributed by atoms with E-state index in [4.69, 9.17) is 0 Å². The number of piperazine rings is 1. The van der Waals surface area contributed by atoms with Crippen LogP contribution in [-0.2, 0) is 11.3 Å². The lowest BCUT2D eigenvalue weighted by atomic mass is 10.1. The van der Waals surface area contributed by atoms with E-state index in [9.17, 15) is 9.59 Å². The molecule has 8 heteroatoms. The number of carbonyl (C=O) groups excluding carboxylic acids is 2. The van der Waals surface area contributed by atoms with E-state index in [0.717, 1.165) is 18.1 Å². The topological polar surface area (TPSA) is 85.8 Å². The fourth-order valence-electron chi connectivity index (χ4n) is 2.53. The smallest absolute Gasteiger partial charge is 0.254 e. The van der Waals surface area contributed by atoms with Crippen LogP contribution in [0.2, 0.25) is 0 Å². The number of benzene rings is 1.